The lowest BCUT2D eigenvalue weighted by Crippen LogP contribution is -2.26. The predicted octanol–water partition coefficient (Wildman–Crippen LogP) is 1.77. The molecule has 0 spiro atoms. The molecule has 0 aromatic heterocycles. The van der Waals surface area contributed by atoms with E-state index in [0.717, 1.165) is 6.42 Å². The number of hydrogen-bond donors (Lipinski definition) is 2. The molecule has 0 bridgehead atoms. The van der Waals surface area contributed by atoms with Gasteiger partial charge in [-0.25, -0.2) is 4.79 Å². The average Bonchev–Trinajstić information content (AvgIpc) is 1.88. The summed E-state index contributed by atoms with van der Waals surface area (Å²) in [4.78, 5) is 10.4. The summed E-state index contributed by atoms with van der Waals surface area (Å²) in [5, 5.41) is 15.7. The van der Waals surface area contributed by atoms with Gasteiger partial charge in [0.05, 0.1) is 0 Å². The monoisotopic (exact) mass is 157 g/mol. The first-order chi connectivity index (χ1) is 5.00. The minimum Gasteiger partial charge on any atom is -0.477 e. The van der Waals surface area contributed by atoms with E-state index < -0.39 is 5.97 Å². The highest BCUT2D eigenvalue weighted by molar-refractivity contribution is 6.35. The quantitative estimate of drug-likeness (QED) is 0.611. The van der Waals surface area contributed by atoms with E-state index in [4.69, 9.17) is 10.5 Å². The molecule has 0 aliphatic heterocycles. The minimum absolute atomic E-state index is 0.104. The summed E-state index contributed by atoms with van der Waals surface area (Å²) < 4.78 is 0. The SMILES string of the molecule is CCC(C(=N)C(=O)O)C(C)C. The molecule has 0 amide bonds. The van der Waals surface area contributed by atoms with E-state index in [2.05, 4.69) is 0 Å². The largest absolute Gasteiger partial charge is 0.477 e. The zero-order valence-corrected chi connectivity index (χ0v) is 7.22. The Kier molecular flexibility index (Phi) is 3.79. The fourth-order valence-electron chi connectivity index (χ4n) is 1.17. The predicted molar refractivity (Wildman–Crippen MR) is 44.0 cm³/mol. The van der Waals surface area contributed by atoms with Gasteiger partial charge in [-0.05, 0) is 12.3 Å². The number of hydrogen-bond acceptors (Lipinski definition) is 2. The minimum atomic E-state index is -1.09. The molecular weight excluding hydrogens is 142 g/mol. The van der Waals surface area contributed by atoms with Crippen LogP contribution in [0.4, 0.5) is 0 Å². The Labute approximate surface area is 66.9 Å². The van der Waals surface area contributed by atoms with Crippen molar-refractivity contribution < 1.29 is 9.90 Å². The van der Waals surface area contributed by atoms with Gasteiger partial charge >= 0.3 is 5.97 Å². The summed E-state index contributed by atoms with van der Waals surface area (Å²) in [6, 6.07) is 0. The second-order valence-electron chi connectivity index (χ2n) is 2.98. The van der Waals surface area contributed by atoms with Crippen LogP contribution >= 0.6 is 0 Å². The van der Waals surface area contributed by atoms with E-state index in [0.29, 0.717) is 0 Å². The van der Waals surface area contributed by atoms with Crippen molar-refractivity contribution in [2.75, 3.05) is 0 Å². The summed E-state index contributed by atoms with van der Waals surface area (Å²) in [6.07, 6.45) is 0.725. The molecule has 1 atom stereocenters. The fraction of sp³-hybridized carbons (Fsp3) is 0.750. The molecule has 0 fully saturated rings. The third-order valence-electron chi connectivity index (χ3n) is 1.85. The smallest absolute Gasteiger partial charge is 0.349 e. The van der Waals surface area contributed by atoms with Crippen LogP contribution in [0.5, 0.6) is 0 Å². The Hall–Kier alpha value is -0.860. The Bertz CT molecular complexity index is 163. The molecule has 1 unspecified atom stereocenters. The van der Waals surface area contributed by atoms with Gasteiger partial charge in [0.25, 0.3) is 0 Å². The van der Waals surface area contributed by atoms with Crippen LogP contribution in [0.3, 0.4) is 0 Å². The van der Waals surface area contributed by atoms with Gasteiger partial charge in [0.1, 0.15) is 5.71 Å². The third-order valence-corrected chi connectivity index (χ3v) is 1.85. The van der Waals surface area contributed by atoms with E-state index >= 15 is 0 Å². The van der Waals surface area contributed by atoms with E-state index in [1.165, 1.54) is 0 Å². The zero-order valence-electron chi connectivity index (χ0n) is 7.22. The van der Waals surface area contributed by atoms with Crippen LogP contribution in [0.15, 0.2) is 0 Å². The van der Waals surface area contributed by atoms with Gasteiger partial charge in [-0.3, -0.25) is 5.41 Å². The van der Waals surface area contributed by atoms with Crippen LogP contribution in [-0.4, -0.2) is 16.8 Å². The lowest BCUT2D eigenvalue weighted by atomic mass is 9.89. The van der Waals surface area contributed by atoms with Crippen LogP contribution in [0.1, 0.15) is 27.2 Å². The molecule has 0 aliphatic rings. The van der Waals surface area contributed by atoms with Crippen molar-refractivity contribution in [1.29, 1.82) is 5.41 Å². The fourth-order valence-corrected chi connectivity index (χ4v) is 1.17. The molecule has 0 heterocycles. The van der Waals surface area contributed by atoms with Gasteiger partial charge in [-0.1, -0.05) is 20.8 Å². The molecule has 0 rings (SSSR count). The second kappa shape index (κ2) is 4.11. The molecule has 2 N–H and O–H groups in total. The molecule has 0 radical (unpaired) electrons. The average molecular weight is 157 g/mol. The Morgan fingerprint density at radius 1 is 1.55 bits per heavy atom. The van der Waals surface area contributed by atoms with Crippen LogP contribution in [-0.2, 0) is 4.79 Å². The van der Waals surface area contributed by atoms with Crippen molar-refractivity contribution in [2.45, 2.75) is 27.2 Å². The number of aliphatic carboxylic acids is 1. The molecule has 11 heavy (non-hydrogen) atoms. The first-order valence-corrected chi connectivity index (χ1v) is 3.82. The van der Waals surface area contributed by atoms with Gasteiger partial charge in [-0.2, -0.15) is 0 Å². The summed E-state index contributed by atoms with van der Waals surface area (Å²) >= 11 is 0. The number of rotatable bonds is 4. The van der Waals surface area contributed by atoms with Crippen molar-refractivity contribution in [3.8, 4) is 0 Å². The Balaban J connectivity index is 4.26. The summed E-state index contributed by atoms with van der Waals surface area (Å²) in [5.41, 5.74) is -0.164. The molecule has 3 nitrogen and oxygen atoms in total. The van der Waals surface area contributed by atoms with E-state index in [9.17, 15) is 4.79 Å². The van der Waals surface area contributed by atoms with Gasteiger partial charge in [0, 0.05) is 5.92 Å². The van der Waals surface area contributed by atoms with Gasteiger partial charge < -0.3 is 5.11 Å². The second-order valence-corrected chi connectivity index (χ2v) is 2.98. The Morgan fingerprint density at radius 3 is 2.09 bits per heavy atom. The lowest BCUT2D eigenvalue weighted by Gasteiger charge is -2.16. The first-order valence-electron chi connectivity index (χ1n) is 3.82. The molecule has 0 saturated carbocycles. The maximum absolute atomic E-state index is 10.4. The van der Waals surface area contributed by atoms with Gasteiger partial charge in [0.15, 0.2) is 0 Å². The number of nitrogens with one attached hydrogen (secondary N) is 1. The molecule has 0 saturated heterocycles. The third kappa shape index (κ3) is 2.70. The highest BCUT2D eigenvalue weighted by Crippen LogP contribution is 2.15. The lowest BCUT2D eigenvalue weighted by molar-refractivity contribution is -0.129. The summed E-state index contributed by atoms with van der Waals surface area (Å²) in [6.45, 7) is 5.78. The van der Waals surface area contributed by atoms with Crippen molar-refractivity contribution >= 4 is 11.7 Å². The first kappa shape index (κ1) is 10.1. The van der Waals surface area contributed by atoms with Crippen LogP contribution < -0.4 is 0 Å². The zero-order chi connectivity index (χ0) is 9.02. The molecule has 0 aromatic rings. The summed E-state index contributed by atoms with van der Waals surface area (Å²) in [5.74, 6) is -0.957. The standard InChI is InChI=1S/C8H15NO2/c1-4-6(5(2)3)7(9)8(10)11/h5-6,9H,4H2,1-3H3,(H,10,11). The maximum Gasteiger partial charge on any atom is 0.349 e. The maximum atomic E-state index is 10.4. The van der Waals surface area contributed by atoms with Gasteiger partial charge in [0.2, 0.25) is 0 Å². The van der Waals surface area contributed by atoms with E-state index in [1.54, 1.807) is 0 Å². The Morgan fingerprint density at radius 2 is 2.00 bits per heavy atom. The molecule has 3 heteroatoms. The topological polar surface area (TPSA) is 61.2 Å². The van der Waals surface area contributed by atoms with E-state index in [-0.39, 0.29) is 17.5 Å². The molecule has 0 aromatic carbocycles. The number of carbonyl (C=O) groups is 1. The highest BCUT2D eigenvalue weighted by Gasteiger charge is 2.21. The van der Waals surface area contributed by atoms with Crippen molar-refractivity contribution in [2.24, 2.45) is 11.8 Å². The van der Waals surface area contributed by atoms with Crippen LogP contribution in [0.2, 0.25) is 0 Å². The van der Waals surface area contributed by atoms with Crippen molar-refractivity contribution in [1.82, 2.24) is 0 Å². The summed E-state index contributed by atoms with van der Waals surface area (Å²) in [7, 11) is 0. The highest BCUT2D eigenvalue weighted by atomic mass is 16.4. The van der Waals surface area contributed by atoms with E-state index in [1.807, 2.05) is 20.8 Å². The van der Waals surface area contributed by atoms with Crippen LogP contribution in [0, 0.1) is 17.2 Å². The normalized spacial score (nSPS) is 13.1. The number of carboxylic acid groups (broad SMARTS) is 1. The molecule has 64 valence electrons. The van der Waals surface area contributed by atoms with Crippen molar-refractivity contribution in [3.63, 3.8) is 0 Å². The number of carboxylic acids is 1. The molecular formula is C8H15NO2. The van der Waals surface area contributed by atoms with Crippen molar-refractivity contribution in [3.05, 3.63) is 0 Å². The van der Waals surface area contributed by atoms with Gasteiger partial charge in [-0.15, -0.1) is 0 Å². The van der Waals surface area contributed by atoms with Crippen LogP contribution in [0.25, 0.3) is 0 Å². The molecule has 0 aliphatic carbocycles.